The number of hydrogen-bond donors (Lipinski definition) is 0. The van der Waals surface area contributed by atoms with Crippen molar-refractivity contribution in [3.8, 4) is 11.4 Å². The maximum atomic E-state index is 5.08. The molecule has 1 aliphatic heterocycles. The fourth-order valence-electron chi connectivity index (χ4n) is 3.74. The first kappa shape index (κ1) is 17.8. The van der Waals surface area contributed by atoms with E-state index in [1.54, 1.807) is 0 Å². The van der Waals surface area contributed by atoms with Crippen LogP contribution in [0.5, 0.6) is 0 Å². The van der Waals surface area contributed by atoms with E-state index >= 15 is 0 Å². The van der Waals surface area contributed by atoms with Crippen molar-refractivity contribution >= 4 is 16.7 Å². The van der Waals surface area contributed by atoms with Crippen LogP contribution in [0.3, 0.4) is 0 Å². The highest BCUT2D eigenvalue weighted by Crippen LogP contribution is 2.28. The number of rotatable bonds is 4. The third kappa shape index (κ3) is 3.69. The molecule has 2 aromatic heterocycles. The van der Waals surface area contributed by atoms with Gasteiger partial charge in [0.25, 0.3) is 0 Å². The van der Waals surface area contributed by atoms with Crippen molar-refractivity contribution in [3.63, 3.8) is 0 Å². The van der Waals surface area contributed by atoms with E-state index in [9.17, 15) is 0 Å². The Balaban J connectivity index is 1.41. The molecule has 0 amide bonds. The summed E-state index contributed by atoms with van der Waals surface area (Å²) >= 11 is 0. The van der Waals surface area contributed by atoms with Gasteiger partial charge in [-0.2, -0.15) is 4.98 Å². The summed E-state index contributed by atoms with van der Waals surface area (Å²) in [5.41, 5.74) is 2.01. The monoisotopic (exact) mass is 386 g/mol. The average Bonchev–Trinajstić information content (AvgIpc) is 3.18. The minimum absolute atomic E-state index is 0.611. The topological polar surface area (TPSA) is 71.2 Å². The molecule has 0 bridgehead atoms. The van der Waals surface area contributed by atoms with Gasteiger partial charge in [-0.1, -0.05) is 47.6 Å². The largest absolute Gasteiger partial charge is 0.353 e. The van der Waals surface area contributed by atoms with Crippen LogP contribution in [0, 0.1) is 6.92 Å². The van der Waals surface area contributed by atoms with Crippen LogP contribution in [0.4, 0.5) is 5.82 Å². The van der Waals surface area contributed by atoms with Crippen LogP contribution in [0.15, 0.2) is 59.1 Å². The van der Waals surface area contributed by atoms with Gasteiger partial charge in [0, 0.05) is 44.1 Å². The molecule has 1 aliphatic rings. The van der Waals surface area contributed by atoms with Gasteiger partial charge in [0.1, 0.15) is 5.82 Å². The summed E-state index contributed by atoms with van der Waals surface area (Å²) in [6.07, 6.45) is 0. The summed E-state index contributed by atoms with van der Waals surface area (Å²) in [6.45, 7) is 6.17. The predicted octanol–water partition coefficient (Wildman–Crippen LogP) is 3.31. The number of benzene rings is 2. The first-order chi connectivity index (χ1) is 14.3. The zero-order valence-corrected chi connectivity index (χ0v) is 16.3. The lowest BCUT2D eigenvalue weighted by atomic mass is 10.1. The Bertz CT molecular complexity index is 1120. The summed E-state index contributed by atoms with van der Waals surface area (Å²) in [5.74, 6) is 3.13. The number of aromatic nitrogens is 4. The van der Waals surface area contributed by atoms with Gasteiger partial charge in [-0.15, -0.1) is 0 Å². The van der Waals surface area contributed by atoms with Gasteiger partial charge in [0.05, 0.1) is 12.1 Å². The second-order valence-corrected chi connectivity index (χ2v) is 7.25. The maximum absolute atomic E-state index is 5.08. The van der Waals surface area contributed by atoms with Crippen LogP contribution in [0.2, 0.25) is 0 Å². The van der Waals surface area contributed by atoms with Crippen LogP contribution in [-0.2, 0) is 6.54 Å². The molecule has 7 nitrogen and oxygen atoms in total. The Morgan fingerprint density at radius 2 is 1.62 bits per heavy atom. The standard InChI is InChI=1S/C22H22N6O/c1-16-23-20(26-29-16)15-27-11-13-28(14-12-27)22-18-9-5-6-10-19(18)24-21(25-22)17-7-3-2-4-8-17/h2-10H,11-15H2,1H3. The van der Waals surface area contributed by atoms with E-state index in [4.69, 9.17) is 14.5 Å². The molecule has 0 aliphatic carbocycles. The maximum Gasteiger partial charge on any atom is 0.223 e. The van der Waals surface area contributed by atoms with Gasteiger partial charge in [-0.3, -0.25) is 4.90 Å². The highest BCUT2D eigenvalue weighted by Gasteiger charge is 2.22. The summed E-state index contributed by atoms with van der Waals surface area (Å²) in [4.78, 5) is 18.8. The zero-order valence-electron chi connectivity index (χ0n) is 16.3. The highest BCUT2D eigenvalue weighted by atomic mass is 16.5. The Hall–Kier alpha value is -3.32. The normalized spacial score (nSPS) is 15.1. The third-order valence-electron chi connectivity index (χ3n) is 5.22. The second-order valence-electron chi connectivity index (χ2n) is 7.25. The van der Waals surface area contributed by atoms with E-state index in [1.165, 1.54) is 0 Å². The third-order valence-corrected chi connectivity index (χ3v) is 5.22. The number of piperazine rings is 1. The first-order valence-corrected chi connectivity index (χ1v) is 9.85. The molecule has 0 radical (unpaired) electrons. The molecule has 0 saturated carbocycles. The van der Waals surface area contributed by atoms with Crippen LogP contribution in [0.25, 0.3) is 22.3 Å². The van der Waals surface area contributed by atoms with E-state index in [-0.39, 0.29) is 0 Å². The van der Waals surface area contributed by atoms with Gasteiger partial charge in [0.2, 0.25) is 5.89 Å². The summed E-state index contributed by atoms with van der Waals surface area (Å²) < 4.78 is 5.08. The molecule has 0 atom stereocenters. The first-order valence-electron chi connectivity index (χ1n) is 9.85. The number of nitrogens with zero attached hydrogens (tertiary/aromatic N) is 6. The number of aryl methyl sites for hydroxylation is 1. The van der Waals surface area contributed by atoms with Gasteiger partial charge in [0.15, 0.2) is 11.6 Å². The molecule has 146 valence electrons. The Morgan fingerprint density at radius 3 is 2.38 bits per heavy atom. The van der Waals surface area contributed by atoms with Crippen molar-refractivity contribution in [3.05, 3.63) is 66.3 Å². The summed E-state index contributed by atoms with van der Waals surface area (Å²) in [5, 5.41) is 5.10. The molecule has 1 fully saturated rings. The lowest BCUT2D eigenvalue weighted by Gasteiger charge is -2.35. The summed E-state index contributed by atoms with van der Waals surface area (Å²) in [7, 11) is 0. The fraction of sp³-hybridized carbons (Fsp3) is 0.273. The Labute approximate surface area is 169 Å². The molecule has 7 heteroatoms. The molecule has 29 heavy (non-hydrogen) atoms. The second kappa shape index (κ2) is 7.60. The molecule has 1 saturated heterocycles. The quantitative estimate of drug-likeness (QED) is 0.533. The zero-order chi connectivity index (χ0) is 19.6. The van der Waals surface area contributed by atoms with Gasteiger partial charge in [-0.05, 0) is 12.1 Å². The molecule has 0 spiro atoms. The molecule has 5 rings (SSSR count). The molecule has 2 aromatic carbocycles. The van der Waals surface area contributed by atoms with Crippen molar-refractivity contribution in [1.82, 2.24) is 25.0 Å². The van der Waals surface area contributed by atoms with Gasteiger partial charge in [-0.25, -0.2) is 9.97 Å². The highest BCUT2D eigenvalue weighted by molar-refractivity contribution is 5.91. The van der Waals surface area contributed by atoms with E-state index < -0.39 is 0 Å². The molecule has 4 aromatic rings. The smallest absolute Gasteiger partial charge is 0.223 e. The molecular formula is C22H22N6O. The SMILES string of the molecule is Cc1nc(CN2CCN(c3nc(-c4ccccc4)nc4ccccc34)CC2)no1. The molecular weight excluding hydrogens is 364 g/mol. The van der Waals surface area contributed by atoms with Crippen molar-refractivity contribution in [1.29, 1.82) is 0 Å². The van der Waals surface area contributed by atoms with E-state index in [0.29, 0.717) is 12.4 Å². The lowest BCUT2D eigenvalue weighted by Crippen LogP contribution is -2.46. The van der Waals surface area contributed by atoms with Crippen LogP contribution in [0.1, 0.15) is 11.7 Å². The molecule has 0 unspecified atom stereocenters. The van der Waals surface area contributed by atoms with Crippen molar-refractivity contribution in [2.75, 3.05) is 31.1 Å². The van der Waals surface area contributed by atoms with E-state index in [2.05, 4.69) is 44.2 Å². The van der Waals surface area contributed by atoms with Gasteiger partial charge < -0.3 is 9.42 Å². The van der Waals surface area contributed by atoms with E-state index in [1.807, 2.05) is 37.3 Å². The average molecular weight is 386 g/mol. The number of para-hydroxylation sites is 1. The lowest BCUT2D eigenvalue weighted by molar-refractivity contribution is 0.239. The van der Waals surface area contributed by atoms with Crippen LogP contribution < -0.4 is 4.90 Å². The summed E-state index contributed by atoms with van der Waals surface area (Å²) in [6, 6.07) is 18.4. The Kier molecular flexibility index (Phi) is 4.65. The predicted molar refractivity (Wildman–Crippen MR) is 111 cm³/mol. The minimum atomic E-state index is 0.611. The molecule has 3 heterocycles. The molecule has 0 N–H and O–H groups in total. The van der Waals surface area contributed by atoms with E-state index in [0.717, 1.165) is 60.1 Å². The van der Waals surface area contributed by atoms with Crippen molar-refractivity contribution < 1.29 is 4.52 Å². The fourth-order valence-corrected chi connectivity index (χ4v) is 3.74. The Morgan fingerprint density at radius 1 is 0.862 bits per heavy atom. The van der Waals surface area contributed by atoms with Crippen LogP contribution in [-0.4, -0.2) is 51.2 Å². The number of anilines is 1. The van der Waals surface area contributed by atoms with Crippen LogP contribution >= 0.6 is 0 Å². The number of fused-ring (bicyclic) bond motifs is 1. The van der Waals surface area contributed by atoms with Gasteiger partial charge >= 0.3 is 0 Å². The minimum Gasteiger partial charge on any atom is -0.353 e. The van der Waals surface area contributed by atoms with Crippen molar-refractivity contribution in [2.24, 2.45) is 0 Å². The number of hydrogen-bond acceptors (Lipinski definition) is 7. The van der Waals surface area contributed by atoms with Crippen molar-refractivity contribution in [2.45, 2.75) is 13.5 Å².